The highest BCUT2D eigenvalue weighted by molar-refractivity contribution is 6.24. The fraction of sp³-hybridized carbons (Fsp3) is 0.0476. The van der Waals surface area contributed by atoms with Crippen LogP contribution in [0.2, 0.25) is 0 Å². The number of aromatic nitrogens is 2. The lowest BCUT2D eigenvalue weighted by Crippen LogP contribution is -1.93. The molecule has 2 aromatic heterocycles. The summed E-state index contributed by atoms with van der Waals surface area (Å²) < 4.78 is 0. The quantitative estimate of drug-likeness (QED) is 0.199. The van der Waals surface area contributed by atoms with Gasteiger partial charge in [-0.05, 0) is 108 Å². The van der Waals surface area contributed by atoms with E-state index in [9.17, 15) is 0 Å². The summed E-state index contributed by atoms with van der Waals surface area (Å²) in [6, 6.07) is 44.4. The van der Waals surface area contributed by atoms with Crippen molar-refractivity contribution >= 4 is 32.3 Å². The molecular weight excluding hydrogens is 532 g/mol. The molecule has 2 heteroatoms. The van der Waals surface area contributed by atoms with Gasteiger partial charge < -0.3 is 0 Å². The Balaban J connectivity index is 1.39. The molecule has 0 aliphatic carbocycles. The first-order valence-corrected chi connectivity index (χ1v) is 15.1. The van der Waals surface area contributed by atoms with Crippen LogP contribution < -0.4 is 0 Å². The van der Waals surface area contributed by atoms with Crippen molar-refractivity contribution in [1.82, 2.24) is 9.97 Å². The molecule has 0 aliphatic heterocycles. The fourth-order valence-corrected chi connectivity index (χ4v) is 6.80. The maximum absolute atomic E-state index is 4.41. The van der Waals surface area contributed by atoms with Gasteiger partial charge in [0.1, 0.15) is 0 Å². The molecule has 0 saturated carbocycles. The Morgan fingerprint density at radius 2 is 0.932 bits per heavy atom. The summed E-state index contributed by atoms with van der Waals surface area (Å²) in [7, 11) is 0. The number of benzene rings is 6. The lowest BCUT2D eigenvalue weighted by atomic mass is 9.83. The smallest absolute Gasteiger partial charge is 0.0346 e. The van der Waals surface area contributed by atoms with Crippen molar-refractivity contribution in [1.29, 1.82) is 0 Å². The number of pyridine rings is 2. The third kappa shape index (κ3) is 4.27. The van der Waals surface area contributed by atoms with Gasteiger partial charge in [-0.1, -0.05) is 109 Å². The van der Waals surface area contributed by atoms with Crippen molar-refractivity contribution < 1.29 is 0 Å². The highest BCUT2D eigenvalue weighted by atomic mass is 14.6. The van der Waals surface area contributed by atoms with E-state index in [2.05, 4.69) is 145 Å². The van der Waals surface area contributed by atoms with E-state index in [1.807, 2.05) is 24.8 Å². The zero-order valence-corrected chi connectivity index (χ0v) is 24.8. The molecule has 0 aliphatic rings. The van der Waals surface area contributed by atoms with E-state index in [-0.39, 0.29) is 0 Å². The average molecular weight is 563 g/mol. The van der Waals surface area contributed by atoms with Crippen LogP contribution in [0.1, 0.15) is 11.1 Å². The molecule has 0 N–H and O–H groups in total. The minimum atomic E-state index is 1.14. The third-order valence-electron chi connectivity index (χ3n) is 8.82. The molecule has 44 heavy (non-hydrogen) atoms. The van der Waals surface area contributed by atoms with Crippen LogP contribution in [0, 0.1) is 13.8 Å². The summed E-state index contributed by atoms with van der Waals surface area (Å²) in [4.78, 5) is 8.75. The summed E-state index contributed by atoms with van der Waals surface area (Å²) >= 11 is 0. The average Bonchev–Trinajstić information content (AvgIpc) is 3.07. The van der Waals surface area contributed by atoms with Gasteiger partial charge in [0.25, 0.3) is 0 Å². The molecule has 0 fully saturated rings. The van der Waals surface area contributed by atoms with Crippen molar-refractivity contribution in [3.05, 3.63) is 157 Å². The Hall–Kier alpha value is -5.60. The van der Waals surface area contributed by atoms with Crippen molar-refractivity contribution in [3.8, 4) is 44.5 Å². The molecule has 0 bridgehead atoms. The van der Waals surface area contributed by atoms with Gasteiger partial charge in [-0.2, -0.15) is 0 Å². The number of nitrogens with zero attached hydrogens (tertiary/aromatic N) is 2. The Kier molecular flexibility index (Phi) is 6.27. The summed E-state index contributed by atoms with van der Waals surface area (Å²) in [6.45, 7) is 4.22. The molecule has 0 saturated heterocycles. The normalized spacial score (nSPS) is 11.4. The molecule has 6 aromatic carbocycles. The van der Waals surface area contributed by atoms with Crippen LogP contribution >= 0.6 is 0 Å². The Labute approximate surface area is 257 Å². The van der Waals surface area contributed by atoms with E-state index in [0.29, 0.717) is 0 Å². The second-order valence-corrected chi connectivity index (χ2v) is 11.6. The summed E-state index contributed by atoms with van der Waals surface area (Å²) in [5.41, 5.74) is 12.1. The van der Waals surface area contributed by atoms with Gasteiger partial charge in [0.05, 0.1) is 0 Å². The predicted octanol–water partition coefficient (Wildman–Crippen LogP) is 11.2. The SMILES string of the molecule is Cc1cncc(-c2ccc(-c3c4ccccc4c(-c4ccc(-c5ccncc5C)c5ccccc45)c4ccccc34)cc2)c1. The topological polar surface area (TPSA) is 25.8 Å². The van der Waals surface area contributed by atoms with Gasteiger partial charge in [-0.3, -0.25) is 9.97 Å². The molecule has 208 valence electrons. The van der Waals surface area contributed by atoms with Gasteiger partial charge in [-0.15, -0.1) is 0 Å². The van der Waals surface area contributed by atoms with Crippen LogP contribution in [0.3, 0.4) is 0 Å². The highest BCUT2D eigenvalue weighted by Gasteiger charge is 2.19. The number of rotatable bonds is 4. The molecule has 0 amide bonds. The fourth-order valence-electron chi connectivity index (χ4n) is 6.80. The summed E-state index contributed by atoms with van der Waals surface area (Å²) in [5.74, 6) is 0. The molecule has 0 unspecified atom stereocenters. The maximum Gasteiger partial charge on any atom is 0.0346 e. The number of aryl methyl sites for hydroxylation is 2. The van der Waals surface area contributed by atoms with E-state index in [1.54, 1.807) is 0 Å². The lowest BCUT2D eigenvalue weighted by Gasteiger charge is -2.20. The zero-order chi connectivity index (χ0) is 29.6. The minimum absolute atomic E-state index is 1.14. The van der Waals surface area contributed by atoms with Gasteiger partial charge in [0.15, 0.2) is 0 Å². The third-order valence-corrected chi connectivity index (χ3v) is 8.82. The van der Waals surface area contributed by atoms with Crippen molar-refractivity contribution in [3.63, 3.8) is 0 Å². The second-order valence-electron chi connectivity index (χ2n) is 11.6. The van der Waals surface area contributed by atoms with Crippen LogP contribution in [0.15, 0.2) is 146 Å². The van der Waals surface area contributed by atoms with Crippen LogP contribution in [0.25, 0.3) is 76.8 Å². The number of hydrogen-bond donors (Lipinski definition) is 0. The van der Waals surface area contributed by atoms with Crippen molar-refractivity contribution in [2.75, 3.05) is 0 Å². The van der Waals surface area contributed by atoms with Crippen molar-refractivity contribution in [2.45, 2.75) is 13.8 Å². The number of hydrogen-bond acceptors (Lipinski definition) is 2. The summed E-state index contributed by atoms with van der Waals surface area (Å²) in [6.07, 6.45) is 7.67. The number of fused-ring (bicyclic) bond motifs is 3. The van der Waals surface area contributed by atoms with Gasteiger partial charge >= 0.3 is 0 Å². The highest BCUT2D eigenvalue weighted by Crippen LogP contribution is 2.46. The Morgan fingerprint density at radius 3 is 1.55 bits per heavy atom. The Bertz CT molecular complexity index is 2290. The van der Waals surface area contributed by atoms with E-state index in [0.717, 1.165) is 11.1 Å². The van der Waals surface area contributed by atoms with E-state index >= 15 is 0 Å². The van der Waals surface area contributed by atoms with Crippen LogP contribution in [-0.2, 0) is 0 Å². The monoisotopic (exact) mass is 562 g/mol. The van der Waals surface area contributed by atoms with Crippen molar-refractivity contribution in [2.24, 2.45) is 0 Å². The predicted molar refractivity (Wildman–Crippen MR) is 186 cm³/mol. The lowest BCUT2D eigenvalue weighted by molar-refractivity contribution is 1.27. The molecule has 0 radical (unpaired) electrons. The first kappa shape index (κ1) is 26.1. The van der Waals surface area contributed by atoms with Crippen LogP contribution in [-0.4, -0.2) is 9.97 Å². The standard InChI is InChI=1S/C42H30N2/c1-27-23-31(26-44-24-27)29-15-17-30(18-16-29)41-36-11-5-7-13-38(36)42(39-14-8-6-12-37(39)41)40-20-19-35(32-21-22-43-25-28(32)2)33-9-3-4-10-34(33)40/h3-26H,1-2H3. The molecule has 8 rings (SSSR count). The minimum Gasteiger partial charge on any atom is -0.264 e. The maximum atomic E-state index is 4.41. The largest absolute Gasteiger partial charge is 0.264 e. The van der Waals surface area contributed by atoms with Gasteiger partial charge in [0, 0.05) is 30.4 Å². The first-order chi connectivity index (χ1) is 21.7. The van der Waals surface area contributed by atoms with Crippen LogP contribution in [0.4, 0.5) is 0 Å². The molecular formula is C42H30N2. The van der Waals surface area contributed by atoms with E-state index in [1.165, 1.54) is 76.8 Å². The summed E-state index contributed by atoms with van der Waals surface area (Å²) in [5, 5.41) is 7.52. The molecule has 0 spiro atoms. The molecule has 2 nitrogen and oxygen atoms in total. The van der Waals surface area contributed by atoms with Gasteiger partial charge in [0.2, 0.25) is 0 Å². The molecule has 2 heterocycles. The van der Waals surface area contributed by atoms with E-state index < -0.39 is 0 Å². The molecule has 0 atom stereocenters. The second kappa shape index (κ2) is 10.6. The van der Waals surface area contributed by atoms with Crippen LogP contribution in [0.5, 0.6) is 0 Å². The zero-order valence-electron chi connectivity index (χ0n) is 24.8. The van der Waals surface area contributed by atoms with Gasteiger partial charge in [-0.25, -0.2) is 0 Å². The first-order valence-electron chi connectivity index (χ1n) is 15.1. The van der Waals surface area contributed by atoms with E-state index in [4.69, 9.17) is 0 Å². The molecule has 8 aromatic rings. The Morgan fingerprint density at radius 1 is 0.386 bits per heavy atom.